The Kier molecular flexibility index (Phi) is 8.72. The number of carbonyl (C=O) groups excluding carboxylic acids is 2. The fraction of sp³-hybridized carbons (Fsp3) is 0.905. The molecule has 0 aromatic rings. The molecule has 3 aliphatic rings. The Labute approximate surface area is 186 Å². The summed E-state index contributed by atoms with van der Waals surface area (Å²) in [4.78, 5) is 31.3. The predicted octanol–water partition coefficient (Wildman–Crippen LogP) is -0.287. The molecule has 3 heterocycles. The van der Waals surface area contributed by atoms with Gasteiger partial charge in [0.2, 0.25) is 11.8 Å². The van der Waals surface area contributed by atoms with Crippen molar-refractivity contribution in [3.63, 3.8) is 0 Å². The number of ether oxygens (including phenoxy) is 1. The van der Waals surface area contributed by atoms with Crippen LogP contribution in [0.25, 0.3) is 0 Å². The standard InChI is InChI=1S/C21H38N4O5S/c1-3-17(2)22-20(26)14-23-7-9-24(10-8-23)15-21(27)25(13-19-5-4-11-30-19)18-6-12-31(28,29)16-18/h17-19H,3-16H2,1-2H3,(H,22,26). The molecule has 31 heavy (non-hydrogen) atoms. The molecule has 3 atom stereocenters. The number of sulfone groups is 1. The Morgan fingerprint density at radius 2 is 1.81 bits per heavy atom. The molecular formula is C21H38N4O5S. The van der Waals surface area contributed by atoms with Gasteiger partial charge >= 0.3 is 0 Å². The first-order valence-electron chi connectivity index (χ1n) is 11.6. The molecule has 0 radical (unpaired) electrons. The molecule has 0 bridgehead atoms. The van der Waals surface area contributed by atoms with Crippen molar-refractivity contribution < 1.29 is 22.7 Å². The average molecular weight is 459 g/mol. The minimum atomic E-state index is -3.06. The van der Waals surface area contributed by atoms with E-state index in [1.165, 1.54) is 0 Å². The molecule has 3 unspecified atom stereocenters. The third-order valence-corrected chi connectivity index (χ3v) is 8.35. The molecule has 10 heteroatoms. The quantitative estimate of drug-likeness (QED) is 0.507. The molecule has 3 aliphatic heterocycles. The Morgan fingerprint density at radius 1 is 1.13 bits per heavy atom. The summed E-state index contributed by atoms with van der Waals surface area (Å²) in [5.74, 6) is 0.249. The van der Waals surface area contributed by atoms with E-state index in [0.29, 0.717) is 26.1 Å². The molecule has 0 aromatic heterocycles. The maximum atomic E-state index is 13.2. The van der Waals surface area contributed by atoms with Gasteiger partial charge in [-0.25, -0.2) is 8.42 Å². The third kappa shape index (κ3) is 7.40. The van der Waals surface area contributed by atoms with Gasteiger partial charge in [0.25, 0.3) is 0 Å². The first-order chi connectivity index (χ1) is 14.8. The molecule has 0 saturated carbocycles. The monoisotopic (exact) mass is 458 g/mol. The summed E-state index contributed by atoms with van der Waals surface area (Å²) < 4.78 is 29.7. The van der Waals surface area contributed by atoms with Crippen molar-refractivity contribution in [3.05, 3.63) is 0 Å². The summed E-state index contributed by atoms with van der Waals surface area (Å²) in [6.07, 6.45) is 3.34. The highest BCUT2D eigenvalue weighted by Crippen LogP contribution is 2.22. The van der Waals surface area contributed by atoms with Gasteiger partial charge in [-0.1, -0.05) is 6.92 Å². The number of piperazine rings is 1. The van der Waals surface area contributed by atoms with Gasteiger partial charge in [-0.2, -0.15) is 0 Å². The molecular weight excluding hydrogens is 420 g/mol. The van der Waals surface area contributed by atoms with E-state index in [0.717, 1.165) is 45.4 Å². The summed E-state index contributed by atoms with van der Waals surface area (Å²) in [7, 11) is -3.06. The van der Waals surface area contributed by atoms with Crippen LogP contribution < -0.4 is 5.32 Å². The molecule has 0 aromatic carbocycles. The zero-order valence-electron chi connectivity index (χ0n) is 18.9. The van der Waals surface area contributed by atoms with Gasteiger partial charge in [0, 0.05) is 51.4 Å². The topological polar surface area (TPSA) is 99.3 Å². The molecule has 2 amide bonds. The largest absolute Gasteiger partial charge is 0.376 e. The van der Waals surface area contributed by atoms with Crippen LogP contribution in [0.1, 0.15) is 39.5 Å². The zero-order valence-corrected chi connectivity index (χ0v) is 19.7. The molecule has 3 fully saturated rings. The Hall–Kier alpha value is -1.23. The average Bonchev–Trinajstić information content (AvgIpc) is 3.36. The van der Waals surface area contributed by atoms with Crippen molar-refractivity contribution in [1.82, 2.24) is 20.0 Å². The highest BCUT2D eigenvalue weighted by molar-refractivity contribution is 7.91. The maximum Gasteiger partial charge on any atom is 0.237 e. The van der Waals surface area contributed by atoms with Crippen molar-refractivity contribution in [1.29, 1.82) is 0 Å². The van der Waals surface area contributed by atoms with Crippen LogP contribution in [0.2, 0.25) is 0 Å². The molecule has 9 nitrogen and oxygen atoms in total. The number of nitrogens with one attached hydrogen (secondary N) is 1. The van der Waals surface area contributed by atoms with Crippen molar-refractivity contribution >= 4 is 21.7 Å². The van der Waals surface area contributed by atoms with Crippen LogP contribution >= 0.6 is 0 Å². The molecule has 0 aliphatic carbocycles. The number of nitrogens with zero attached hydrogens (tertiary/aromatic N) is 3. The fourth-order valence-corrected chi connectivity index (χ4v) is 6.23. The minimum absolute atomic E-state index is 0.00752. The van der Waals surface area contributed by atoms with E-state index in [2.05, 4.69) is 15.1 Å². The van der Waals surface area contributed by atoms with E-state index in [1.54, 1.807) is 4.90 Å². The molecule has 3 saturated heterocycles. The van der Waals surface area contributed by atoms with Gasteiger partial charge in [0.05, 0.1) is 30.7 Å². The lowest BCUT2D eigenvalue weighted by molar-refractivity contribution is -0.136. The van der Waals surface area contributed by atoms with Crippen LogP contribution in [0.5, 0.6) is 0 Å². The Balaban J connectivity index is 1.49. The molecule has 1 N–H and O–H groups in total. The van der Waals surface area contributed by atoms with E-state index < -0.39 is 9.84 Å². The van der Waals surface area contributed by atoms with Gasteiger partial charge in [-0.3, -0.25) is 19.4 Å². The second-order valence-electron chi connectivity index (χ2n) is 9.17. The van der Waals surface area contributed by atoms with Gasteiger partial charge in [0.15, 0.2) is 9.84 Å². The van der Waals surface area contributed by atoms with Gasteiger partial charge < -0.3 is 15.0 Å². The summed E-state index contributed by atoms with van der Waals surface area (Å²) in [5, 5.41) is 2.99. The van der Waals surface area contributed by atoms with E-state index in [1.807, 2.05) is 13.8 Å². The first kappa shape index (κ1) is 24.4. The van der Waals surface area contributed by atoms with Crippen LogP contribution in [-0.2, 0) is 24.2 Å². The fourth-order valence-electron chi connectivity index (χ4n) is 4.50. The number of rotatable bonds is 9. The van der Waals surface area contributed by atoms with Crippen LogP contribution in [0, 0.1) is 0 Å². The smallest absolute Gasteiger partial charge is 0.237 e. The summed E-state index contributed by atoms with van der Waals surface area (Å²) in [6, 6.07) is -0.0621. The highest BCUT2D eigenvalue weighted by Gasteiger charge is 2.37. The van der Waals surface area contributed by atoms with Crippen LogP contribution in [0.4, 0.5) is 0 Å². The number of hydrogen-bond donors (Lipinski definition) is 1. The number of amides is 2. The Morgan fingerprint density at radius 3 is 2.35 bits per heavy atom. The second-order valence-corrected chi connectivity index (χ2v) is 11.4. The summed E-state index contributed by atoms with van der Waals surface area (Å²) in [6.45, 7) is 8.83. The van der Waals surface area contributed by atoms with Gasteiger partial charge in [0.1, 0.15) is 0 Å². The van der Waals surface area contributed by atoms with Crippen molar-refractivity contribution in [2.45, 2.75) is 57.7 Å². The lowest BCUT2D eigenvalue weighted by atomic mass is 10.1. The summed E-state index contributed by atoms with van der Waals surface area (Å²) in [5.41, 5.74) is 0. The molecule has 3 rings (SSSR count). The number of carbonyl (C=O) groups is 2. The number of hydrogen-bond acceptors (Lipinski definition) is 7. The highest BCUT2D eigenvalue weighted by atomic mass is 32.2. The van der Waals surface area contributed by atoms with Crippen LogP contribution in [-0.4, -0.2) is 117 Å². The van der Waals surface area contributed by atoms with E-state index in [4.69, 9.17) is 4.74 Å². The molecule has 0 spiro atoms. The Bertz CT molecular complexity index is 717. The van der Waals surface area contributed by atoms with E-state index in [9.17, 15) is 18.0 Å². The van der Waals surface area contributed by atoms with Crippen molar-refractivity contribution in [2.24, 2.45) is 0 Å². The lowest BCUT2D eigenvalue weighted by Crippen LogP contribution is -2.54. The molecule has 178 valence electrons. The SMILES string of the molecule is CCC(C)NC(=O)CN1CCN(CC(=O)N(CC2CCCO2)C2CCS(=O)(=O)C2)CC1. The van der Waals surface area contributed by atoms with Crippen LogP contribution in [0.15, 0.2) is 0 Å². The predicted molar refractivity (Wildman–Crippen MR) is 119 cm³/mol. The second kappa shape index (κ2) is 11.1. The maximum absolute atomic E-state index is 13.2. The normalized spacial score (nSPS) is 27.8. The van der Waals surface area contributed by atoms with Crippen molar-refractivity contribution in [3.8, 4) is 0 Å². The van der Waals surface area contributed by atoms with E-state index >= 15 is 0 Å². The third-order valence-electron chi connectivity index (χ3n) is 6.60. The van der Waals surface area contributed by atoms with Gasteiger partial charge in [-0.05, 0) is 32.6 Å². The van der Waals surface area contributed by atoms with Gasteiger partial charge in [-0.15, -0.1) is 0 Å². The zero-order chi connectivity index (χ0) is 22.4. The van der Waals surface area contributed by atoms with Crippen LogP contribution in [0.3, 0.4) is 0 Å². The lowest BCUT2D eigenvalue weighted by Gasteiger charge is -2.36. The van der Waals surface area contributed by atoms with Crippen molar-refractivity contribution in [2.75, 3.05) is 63.9 Å². The van der Waals surface area contributed by atoms with E-state index in [-0.39, 0.29) is 48.1 Å². The first-order valence-corrected chi connectivity index (χ1v) is 13.4. The minimum Gasteiger partial charge on any atom is -0.376 e. The summed E-state index contributed by atoms with van der Waals surface area (Å²) >= 11 is 0.